The number of aromatic amines is 1. The number of benzene rings is 3. The first kappa shape index (κ1) is 27.6. The minimum absolute atomic E-state index is 0.116. The van der Waals surface area contributed by atoms with E-state index in [4.69, 9.17) is 18.9 Å². The lowest BCUT2D eigenvalue weighted by atomic mass is 9.87. The zero-order chi connectivity index (χ0) is 28.0. The Labute approximate surface area is 242 Å². The van der Waals surface area contributed by atoms with Crippen molar-refractivity contribution in [1.82, 2.24) is 10.3 Å². The highest BCUT2D eigenvalue weighted by Crippen LogP contribution is 2.34. The molecule has 4 aromatic rings. The van der Waals surface area contributed by atoms with Crippen molar-refractivity contribution in [2.75, 3.05) is 51.4 Å². The van der Waals surface area contributed by atoms with E-state index < -0.39 is 0 Å². The second kappa shape index (κ2) is 13.0. The van der Waals surface area contributed by atoms with Crippen LogP contribution in [0.5, 0.6) is 11.5 Å². The molecule has 0 saturated carbocycles. The number of nitrogens with one attached hydrogen (secondary N) is 2. The molecule has 7 heteroatoms. The second-order valence-electron chi connectivity index (χ2n) is 11.1. The molecule has 2 unspecified atom stereocenters. The van der Waals surface area contributed by atoms with Crippen LogP contribution in [0.2, 0.25) is 0 Å². The number of piperidine rings is 1. The molecule has 41 heavy (non-hydrogen) atoms. The molecule has 1 aromatic heterocycles. The van der Waals surface area contributed by atoms with Gasteiger partial charge in [-0.25, -0.2) is 0 Å². The summed E-state index contributed by atoms with van der Waals surface area (Å²) in [6.07, 6.45) is 4.20. The topological polar surface area (TPSA) is 68.0 Å². The molecule has 1 saturated heterocycles. The fourth-order valence-corrected chi connectivity index (χ4v) is 6.09. The van der Waals surface area contributed by atoms with E-state index in [9.17, 15) is 0 Å². The van der Waals surface area contributed by atoms with Gasteiger partial charge < -0.3 is 34.1 Å². The quantitative estimate of drug-likeness (QED) is 0.223. The number of aromatic nitrogens is 1. The monoisotopic (exact) mass is 555 g/mol. The van der Waals surface area contributed by atoms with Gasteiger partial charge in [-0.3, -0.25) is 0 Å². The lowest BCUT2D eigenvalue weighted by Gasteiger charge is -2.33. The number of aryl methyl sites for hydroxylation is 1. The fourth-order valence-electron chi connectivity index (χ4n) is 6.09. The molecule has 1 fully saturated rings. The van der Waals surface area contributed by atoms with Gasteiger partial charge in [0.2, 0.25) is 0 Å². The Balaban J connectivity index is 1.08. The van der Waals surface area contributed by atoms with Gasteiger partial charge in [-0.2, -0.15) is 0 Å². The molecule has 0 aliphatic carbocycles. The highest BCUT2D eigenvalue weighted by Gasteiger charge is 2.27. The third-order valence-corrected chi connectivity index (χ3v) is 8.32. The van der Waals surface area contributed by atoms with Crippen LogP contribution < -0.4 is 19.7 Å². The molecule has 7 nitrogen and oxygen atoms in total. The highest BCUT2D eigenvalue weighted by molar-refractivity contribution is 5.89. The van der Waals surface area contributed by atoms with E-state index in [1.807, 2.05) is 18.3 Å². The van der Waals surface area contributed by atoms with Gasteiger partial charge in [0.1, 0.15) is 24.7 Å². The van der Waals surface area contributed by atoms with E-state index in [0.29, 0.717) is 19.1 Å². The number of ether oxygens (including phenoxy) is 4. The standard InChI is InChI=1S/C34H41N3O4/c1-24-20-36-29-5-3-6-32(34(24)29)40-22-25-7-10-27(11-8-25)28-13-14-35-21-33(28)41-23-26-9-12-31-30(19-26)37(16-18-39-31)15-4-17-38-2/h3,5-12,19-20,28,33,35-36H,4,13-18,21-23H2,1-2H3. The number of rotatable bonds is 11. The van der Waals surface area contributed by atoms with Crippen LogP contribution in [0.1, 0.15) is 41.0 Å². The lowest BCUT2D eigenvalue weighted by Crippen LogP contribution is -2.41. The Hall–Kier alpha value is -3.52. The summed E-state index contributed by atoms with van der Waals surface area (Å²) < 4.78 is 24.0. The molecule has 216 valence electrons. The second-order valence-corrected chi connectivity index (χ2v) is 11.1. The van der Waals surface area contributed by atoms with Gasteiger partial charge in [0, 0.05) is 49.8 Å². The van der Waals surface area contributed by atoms with Crippen molar-refractivity contribution in [3.05, 3.63) is 89.1 Å². The molecule has 0 bridgehead atoms. The van der Waals surface area contributed by atoms with Gasteiger partial charge in [-0.1, -0.05) is 36.4 Å². The SMILES string of the molecule is COCCCN1CCOc2ccc(COC3CNCCC3c3ccc(COc4cccc5[nH]cc(C)c45)cc3)cc21. The van der Waals surface area contributed by atoms with Crippen LogP contribution in [-0.2, 0) is 22.7 Å². The Bertz CT molecular complexity index is 1430. The summed E-state index contributed by atoms with van der Waals surface area (Å²) in [7, 11) is 1.76. The molecule has 0 radical (unpaired) electrons. The predicted molar refractivity (Wildman–Crippen MR) is 163 cm³/mol. The van der Waals surface area contributed by atoms with Crippen LogP contribution >= 0.6 is 0 Å². The van der Waals surface area contributed by atoms with E-state index in [1.54, 1.807) is 7.11 Å². The minimum atomic E-state index is 0.116. The molecule has 6 rings (SSSR count). The van der Waals surface area contributed by atoms with Gasteiger partial charge >= 0.3 is 0 Å². The summed E-state index contributed by atoms with van der Waals surface area (Å²) >= 11 is 0. The molecule has 2 atom stereocenters. The largest absolute Gasteiger partial charge is 0.490 e. The lowest BCUT2D eigenvalue weighted by molar-refractivity contribution is 0.0106. The molecule has 2 aliphatic heterocycles. The van der Waals surface area contributed by atoms with Crippen molar-refractivity contribution < 1.29 is 18.9 Å². The van der Waals surface area contributed by atoms with Crippen LogP contribution in [0.4, 0.5) is 5.69 Å². The molecule has 3 heterocycles. The van der Waals surface area contributed by atoms with Crippen molar-refractivity contribution in [3.8, 4) is 11.5 Å². The number of nitrogens with zero attached hydrogens (tertiary/aromatic N) is 1. The summed E-state index contributed by atoms with van der Waals surface area (Å²) in [5.41, 5.74) is 7.13. The Morgan fingerprint density at radius 1 is 1.02 bits per heavy atom. The Morgan fingerprint density at radius 3 is 2.78 bits per heavy atom. The van der Waals surface area contributed by atoms with E-state index in [0.717, 1.165) is 85.9 Å². The number of fused-ring (bicyclic) bond motifs is 2. The fraction of sp³-hybridized carbons (Fsp3) is 0.412. The zero-order valence-electron chi connectivity index (χ0n) is 24.2. The van der Waals surface area contributed by atoms with Gasteiger partial charge in [0.15, 0.2) is 0 Å². The molecule has 2 aliphatic rings. The minimum Gasteiger partial charge on any atom is -0.490 e. The highest BCUT2D eigenvalue weighted by atomic mass is 16.5. The van der Waals surface area contributed by atoms with Gasteiger partial charge in [0.25, 0.3) is 0 Å². The molecule has 0 amide bonds. The maximum absolute atomic E-state index is 6.57. The molecule has 2 N–H and O–H groups in total. The van der Waals surface area contributed by atoms with Crippen LogP contribution in [0.25, 0.3) is 10.9 Å². The normalized spacial score (nSPS) is 18.7. The average molecular weight is 556 g/mol. The van der Waals surface area contributed by atoms with Crippen LogP contribution in [-0.4, -0.2) is 57.6 Å². The number of hydrogen-bond donors (Lipinski definition) is 2. The predicted octanol–water partition coefficient (Wildman–Crippen LogP) is 5.95. The van der Waals surface area contributed by atoms with Crippen molar-refractivity contribution in [2.24, 2.45) is 0 Å². The number of hydrogen-bond acceptors (Lipinski definition) is 6. The summed E-state index contributed by atoms with van der Waals surface area (Å²) in [6, 6.07) is 21.5. The maximum Gasteiger partial charge on any atom is 0.142 e. The van der Waals surface area contributed by atoms with Crippen LogP contribution in [0, 0.1) is 6.92 Å². The number of anilines is 1. The molecular formula is C34H41N3O4. The van der Waals surface area contributed by atoms with Crippen molar-refractivity contribution in [2.45, 2.75) is 45.0 Å². The molecular weight excluding hydrogens is 514 g/mol. The van der Waals surface area contributed by atoms with Crippen molar-refractivity contribution in [1.29, 1.82) is 0 Å². The summed E-state index contributed by atoms with van der Waals surface area (Å²) in [4.78, 5) is 5.71. The summed E-state index contributed by atoms with van der Waals surface area (Å²) in [6.45, 7) is 8.44. The van der Waals surface area contributed by atoms with E-state index in [-0.39, 0.29) is 6.10 Å². The first-order valence-electron chi connectivity index (χ1n) is 14.8. The third-order valence-electron chi connectivity index (χ3n) is 8.32. The number of H-pyrrole nitrogens is 1. The average Bonchev–Trinajstić information content (AvgIpc) is 3.41. The van der Waals surface area contributed by atoms with Crippen LogP contribution in [0.15, 0.2) is 66.9 Å². The third kappa shape index (κ3) is 6.38. The molecule has 3 aromatic carbocycles. The van der Waals surface area contributed by atoms with Gasteiger partial charge in [0.05, 0.1) is 24.9 Å². The van der Waals surface area contributed by atoms with Gasteiger partial charge in [-0.05, 0) is 72.8 Å². The van der Waals surface area contributed by atoms with Gasteiger partial charge in [-0.15, -0.1) is 0 Å². The van der Waals surface area contributed by atoms with E-state index >= 15 is 0 Å². The summed E-state index contributed by atoms with van der Waals surface area (Å²) in [5, 5.41) is 4.69. The first-order valence-corrected chi connectivity index (χ1v) is 14.8. The van der Waals surface area contributed by atoms with E-state index in [1.165, 1.54) is 16.7 Å². The van der Waals surface area contributed by atoms with Crippen molar-refractivity contribution in [3.63, 3.8) is 0 Å². The Morgan fingerprint density at radius 2 is 1.90 bits per heavy atom. The smallest absolute Gasteiger partial charge is 0.142 e. The maximum atomic E-state index is 6.57. The van der Waals surface area contributed by atoms with Crippen LogP contribution in [0.3, 0.4) is 0 Å². The van der Waals surface area contributed by atoms with Crippen molar-refractivity contribution >= 4 is 16.6 Å². The zero-order valence-corrected chi connectivity index (χ0v) is 24.2. The first-order chi connectivity index (χ1) is 20.2. The summed E-state index contributed by atoms with van der Waals surface area (Å²) in [5.74, 6) is 2.23. The molecule has 0 spiro atoms. The van der Waals surface area contributed by atoms with E-state index in [2.05, 4.69) is 70.7 Å². The number of methoxy groups -OCH3 is 1. The Kier molecular flexibility index (Phi) is 8.75.